The van der Waals surface area contributed by atoms with E-state index < -0.39 is 7.59 Å². The van der Waals surface area contributed by atoms with E-state index in [9.17, 15) is 4.39 Å². The largest absolute Gasteiger partial charge is 0.207 e. The van der Waals surface area contributed by atoms with Crippen LogP contribution in [0.1, 0.15) is 51.7 Å². The molecule has 166 valence electrons. The van der Waals surface area contributed by atoms with Crippen LogP contribution in [0.3, 0.4) is 0 Å². The Kier molecular flexibility index (Phi) is 9.11. The topological polar surface area (TPSA) is 0 Å². The number of halogens is 1. The van der Waals surface area contributed by atoms with Crippen molar-refractivity contribution in [1.82, 2.24) is 0 Å². The summed E-state index contributed by atoms with van der Waals surface area (Å²) >= 11 is 0. The van der Waals surface area contributed by atoms with Crippen molar-refractivity contribution in [2.24, 2.45) is 23.2 Å². The van der Waals surface area contributed by atoms with E-state index >= 15 is 0 Å². The molecule has 0 aliphatic carbocycles. The minimum atomic E-state index is -1.03. The second kappa shape index (κ2) is 10.9. The third kappa shape index (κ3) is 9.30. The Morgan fingerprint density at radius 3 is 2.00 bits per heavy atom. The summed E-state index contributed by atoms with van der Waals surface area (Å²) in [5.41, 5.74) is 3.09. The van der Waals surface area contributed by atoms with Crippen LogP contribution in [-0.2, 0) is 12.8 Å². The van der Waals surface area contributed by atoms with Crippen LogP contribution in [0.25, 0.3) is 0 Å². The van der Waals surface area contributed by atoms with Crippen LogP contribution in [-0.4, -0.2) is 17.4 Å². The molecule has 0 bridgehead atoms. The summed E-state index contributed by atoms with van der Waals surface area (Å²) in [5, 5.41) is 0. The molecule has 2 aromatic rings. The SMILES string of the molecule is C[C@H](C[Si](C)(C)[SiH3])[C@@H](Cc1ccc(F)cc1)[C@@H](CCC(C)(C)C)Cc1ccccc1. The van der Waals surface area contributed by atoms with Crippen LogP contribution in [0, 0.1) is 29.0 Å². The molecule has 0 radical (unpaired) electrons. The van der Waals surface area contributed by atoms with E-state index in [0.29, 0.717) is 23.2 Å². The van der Waals surface area contributed by atoms with Gasteiger partial charge in [-0.3, -0.25) is 0 Å². The van der Waals surface area contributed by atoms with Gasteiger partial charge in [-0.25, -0.2) is 4.39 Å². The Bertz CT molecular complexity index is 741. The van der Waals surface area contributed by atoms with Gasteiger partial charge < -0.3 is 0 Å². The number of benzene rings is 2. The van der Waals surface area contributed by atoms with Crippen molar-refractivity contribution in [3.8, 4) is 0 Å². The molecule has 0 spiro atoms. The van der Waals surface area contributed by atoms with Gasteiger partial charge in [0.15, 0.2) is 0 Å². The second-order valence-corrected chi connectivity index (χ2v) is 25.4. The van der Waals surface area contributed by atoms with Gasteiger partial charge in [0.05, 0.1) is 0 Å². The lowest BCUT2D eigenvalue weighted by Crippen LogP contribution is -2.35. The molecule has 0 amide bonds. The third-order valence-electron chi connectivity index (χ3n) is 6.26. The first-order valence-corrected chi connectivity index (χ1v) is 18.4. The summed E-state index contributed by atoms with van der Waals surface area (Å²) < 4.78 is 13.5. The summed E-state index contributed by atoms with van der Waals surface area (Å²) in [5.74, 6) is 1.87. The summed E-state index contributed by atoms with van der Waals surface area (Å²) in [6.07, 6.45) is 4.72. The Hall–Kier alpha value is -1.20. The van der Waals surface area contributed by atoms with Gasteiger partial charge in [0, 0.05) is 7.59 Å². The van der Waals surface area contributed by atoms with Crippen LogP contribution < -0.4 is 0 Å². The normalized spacial score (nSPS) is 15.7. The first kappa shape index (κ1) is 25.1. The lowest BCUT2D eigenvalue weighted by atomic mass is 9.72. The van der Waals surface area contributed by atoms with E-state index in [1.165, 1.54) is 39.8 Å². The summed E-state index contributed by atoms with van der Waals surface area (Å²) in [6.45, 7) is 14.7. The van der Waals surface area contributed by atoms with Gasteiger partial charge in [0.25, 0.3) is 0 Å². The number of hydrogen-bond acceptors (Lipinski definition) is 0. The van der Waals surface area contributed by atoms with E-state index in [0.717, 1.165) is 12.8 Å². The fraction of sp³-hybridized carbons (Fsp3) is 0.556. The molecule has 3 atom stereocenters. The van der Waals surface area contributed by atoms with Crippen LogP contribution >= 0.6 is 0 Å². The highest BCUT2D eigenvalue weighted by atomic mass is 29.2. The maximum Gasteiger partial charge on any atom is 0.123 e. The fourth-order valence-corrected chi connectivity index (χ4v) is 9.01. The van der Waals surface area contributed by atoms with Crippen molar-refractivity contribution in [1.29, 1.82) is 0 Å². The molecule has 0 nitrogen and oxygen atoms in total. The molecule has 0 fully saturated rings. The van der Waals surface area contributed by atoms with Crippen molar-refractivity contribution >= 4 is 17.4 Å². The predicted octanol–water partition coefficient (Wildman–Crippen LogP) is 6.88. The zero-order valence-corrected chi connectivity index (χ0v) is 23.3. The zero-order valence-electron chi connectivity index (χ0n) is 20.3. The van der Waals surface area contributed by atoms with Gasteiger partial charge in [-0.15, -0.1) is 0 Å². The van der Waals surface area contributed by atoms with Gasteiger partial charge in [-0.05, 0) is 81.9 Å². The molecule has 0 unspecified atom stereocenters. The molecule has 0 aliphatic rings. The molecule has 3 heteroatoms. The third-order valence-corrected chi connectivity index (χ3v) is 9.35. The smallest absolute Gasteiger partial charge is 0.123 e. The average molecular weight is 443 g/mol. The van der Waals surface area contributed by atoms with Crippen molar-refractivity contribution in [2.75, 3.05) is 0 Å². The van der Waals surface area contributed by atoms with Crippen molar-refractivity contribution < 1.29 is 4.39 Å². The maximum absolute atomic E-state index is 13.5. The highest BCUT2D eigenvalue weighted by molar-refractivity contribution is 7.15. The molecule has 0 saturated carbocycles. The standard InChI is InChI=1S/C27H43FSi2/c1-21(20-30(5,6)29)26(19-23-12-14-25(28)15-13-23)24(16-17-27(2,3)4)18-22-10-8-7-9-11-22/h7-15,21,24,26H,16-20H2,1-6,29H3/t21-,24+,26-/m1/s1. The quantitative estimate of drug-likeness (QED) is 0.352. The van der Waals surface area contributed by atoms with E-state index in [2.05, 4.69) is 71.1 Å². The van der Waals surface area contributed by atoms with Crippen LogP contribution in [0.5, 0.6) is 0 Å². The van der Waals surface area contributed by atoms with Crippen molar-refractivity contribution in [3.63, 3.8) is 0 Å². The number of hydrogen-bond donors (Lipinski definition) is 0. The maximum atomic E-state index is 13.5. The molecule has 2 rings (SSSR count). The fourth-order valence-electron chi connectivity index (χ4n) is 4.85. The summed E-state index contributed by atoms with van der Waals surface area (Å²) in [6, 6.07) is 19.7. The Morgan fingerprint density at radius 1 is 0.900 bits per heavy atom. The number of rotatable bonds is 10. The van der Waals surface area contributed by atoms with Crippen LogP contribution in [0.15, 0.2) is 54.6 Å². The van der Waals surface area contributed by atoms with E-state index in [1.54, 1.807) is 12.1 Å². The first-order valence-electron chi connectivity index (χ1n) is 11.7. The predicted molar refractivity (Wildman–Crippen MR) is 137 cm³/mol. The highest BCUT2D eigenvalue weighted by Gasteiger charge is 2.31. The van der Waals surface area contributed by atoms with Gasteiger partial charge in [-0.2, -0.15) is 0 Å². The zero-order chi connectivity index (χ0) is 22.4. The Labute approximate surface area is 188 Å². The lowest BCUT2D eigenvalue weighted by molar-refractivity contribution is 0.207. The van der Waals surface area contributed by atoms with Crippen molar-refractivity contribution in [3.05, 3.63) is 71.5 Å². The second-order valence-electron chi connectivity index (χ2n) is 11.8. The van der Waals surface area contributed by atoms with Gasteiger partial charge in [-0.1, -0.05) is 89.3 Å². The molecule has 0 N–H and O–H groups in total. The van der Waals surface area contributed by atoms with Crippen molar-refractivity contribution in [2.45, 2.75) is 72.5 Å². The summed E-state index contributed by atoms with van der Waals surface area (Å²) in [7, 11) is 0.323. The minimum Gasteiger partial charge on any atom is -0.207 e. The average Bonchev–Trinajstić information content (AvgIpc) is 2.63. The molecular weight excluding hydrogens is 399 g/mol. The lowest BCUT2D eigenvalue weighted by Gasteiger charge is -2.36. The Morgan fingerprint density at radius 2 is 1.47 bits per heavy atom. The van der Waals surface area contributed by atoms with E-state index in [-0.39, 0.29) is 5.82 Å². The molecule has 0 aliphatic heterocycles. The highest BCUT2D eigenvalue weighted by Crippen LogP contribution is 2.37. The minimum absolute atomic E-state index is 0.134. The molecule has 0 saturated heterocycles. The van der Waals surface area contributed by atoms with Gasteiger partial charge in [0.1, 0.15) is 5.82 Å². The van der Waals surface area contributed by atoms with Crippen LogP contribution in [0.4, 0.5) is 4.39 Å². The van der Waals surface area contributed by atoms with E-state index in [1.807, 2.05) is 12.1 Å². The first-order chi connectivity index (χ1) is 13.9. The van der Waals surface area contributed by atoms with E-state index in [4.69, 9.17) is 0 Å². The monoisotopic (exact) mass is 442 g/mol. The van der Waals surface area contributed by atoms with Gasteiger partial charge in [0.2, 0.25) is 0 Å². The van der Waals surface area contributed by atoms with Gasteiger partial charge >= 0.3 is 0 Å². The molecule has 2 aromatic carbocycles. The van der Waals surface area contributed by atoms with Crippen LogP contribution in [0.2, 0.25) is 19.1 Å². The molecule has 0 heterocycles. The molecule has 0 aromatic heterocycles. The molecular formula is C27H43FSi2. The summed E-state index contributed by atoms with van der Waals surface area (Å²) in [4.78, 5) is 0. The molecule has 30 heavy (non-hydrogen) atoms. The Balaban J connectivity index is 2.33.